The van der Waals surface area contributed by atoms with Crippen LogP contribution in [0, 0.1) is 17.2 Å². The Labute approximate surface area is 123 Å². The molecule has 21 heavy (non-hydrogen) atoms. The largest absolute Gasteiger partial charge is 0.417 e. The van der Waals surface area contributed by atoms with E-state index < -0.39 is 11.7 Å². The first kappa shape index (κ1) is 15.7. The Bertz CT molecular complexity index is 531. The number of hydrogen-bond donors (Lipinski definition) is 1. The van der Waals surface area contributed by atoms with Gasteiger partial charge in [0.2, 0.25) is 0 Å². The lowest BCUT2D eigenvalue weighted by Gasteiger charge is -2.30. The maximum absolute atomic E-state index is 12.8. The smallest absolute Gasteiger partial charge is 0.382 e. The van der Waals surface area contributed by atoms with E-state index in [1.807, 2.05) is 0 Å². The lowest BCUT2D eigenvalue weighted by molar-refractivity contribution is -0.137. The van der Waals surface area contributed by atoms with Gasteiger partial charge in [0.1, 0.15) is 0 Å². The summed E-state index contributed by atoms with van der Waals surface area (Å²) in [5.41, 5.74) is -0.595. The molecule has 1 aliphatic carbocycles. The maximum Gasteiger partial charge on any atom is 0.417 e. The highest BCUT2D eigenvalue weighted by atomic mass is 19.4. The van der Waals surface area contributed by atoms with Crippen molar-refractivity contribution in [2.45, 2.75) is 51.2 Å². The van der Waals surface area contributed by atoms with Gasteiger partial charge in [0.15, 0.2) is 0 Å². The van der Waals surface area contributed by atoms with Gasteiger partial charge in [0.05, 0.1) is 17.2 Å². The molecule has 1 aliphatic rings. The number of alkyl halides is 3. The molecule has 2 rings (SSSR count). The van der Waals surface area contributed by atoms with Crippen LogP contribution in [0.4, 0.5) is 18.9 Å². The van der Waals surface area contributed by atoms with Crippen LogP contribution in [0.2, 0.25) is 0 Å². The van der Waals surface area contributed by atoms with Crippen LogP contribution in [0.15, 0.2) is 18.2 Å². The van der Waals surface area contributed by atoms with Gasteiger partial charge in [-0.3, -0.25) is 0 Å². The molecule has 2 nitrogen and oxygen atoms in total. The highest BCUT2D eigenvalue weighted by Crippen LogP contribution is 2.34. The number of nitrogens with zero attached hydrogens (tertiary/aromatic N) is 1. The van der Waals surface area contributed by atoms with Crippen molar-refractivity contribution in [2.75, 3.05) is 5.32 Å². The zero-order chi connectivity index (χ0) is 15.5. The van der Waals surface area contributed by atoms with E-state index in [-0.39, 0.29) is 11.6 Å². The number of nitrogens with one attached hydrogen (secondary N) is 1. The molecule has 2 atom stereocenters. The van der Waals surface area contributed by atoms with E-state index >= 15 is 0 Å². The molecule has 0 saturated heterocycles. The molecule has 2 unspecified atom stereocenters. The van der Waals surface area contributed by atoms with E-state index in [0.717, 1.165) is 31.7 Å². The molecule has 5 heteroatoms. The summed E-state index contributed by atoms with van der Waals surface area (Å²) < 4.78 is 38.3. The Balaban J connectivity index is 2.13. The summed E-state index contributed by atoms with van der Waals surface area (Å²) in [7, 11) is 0. The van der Waals surface area contributed by atoms with Crippen LogP contribution >= 0.6 is 0 Å². The summed E-state index contributed by atoms with van der Waals surface area (Å²) in [4.78, 5) is 0. The average Bonchev–Trinajstić information content (AvgIpc) is 2.46. The predicted octanol–water partition coefficient (Wildman–Crippen LogP) is 4.96. The fraction of sp³-hybridized carbons (Fsp3) is 0.562. The van der Waals surface area contributed by atoms with Crippen LogP contribution in [0.1, 0.15) is 50.2 Å². The van der Waals surface area contributed by atoms with Crippen LogP contribution in [0.3, 0.4) is 0 Å². The lowest BCUT2D eigenvalue weighted by atomic mass is 9.84. The van der Waals surface area contributed by atoms with Crippen molar-refractivity contribution in [3.05, 3.63) is 29.3 Å². The second-order valence-corrected chi connectivity index (χ2v) is 5.65. The minimum atomic E-state index is -4.48. The van der Waals surface area contributed by atoms with Crippen LogP contribution in [0.5, 0.6) is 0 Å². The first-order chi connectivity index (χ1) is 9.94. The van der Waals surface area contributed by atoms with Crippen molar-refractivity contribution >= 4 is 5.69 Å². The van der Waals surface area contributed by atoms with Crippen LogP contribution in [-0.4, -0.2) is 6.04 Å². The molecule has 1 aromatic rings. The standard InChI is InChI=1S/C16H19F3N2/c1-2-11-4-3-5-13(8-11)21-14-6-7-15(16(17,18)19)12(9-14)10-20/h6-7,9,11,13,21H,2-5,8H2,1H3. The SMILES string of the molecule is CCC1CCCC(Nc2ccc(C(F)(F)F)c(C#N)c2)C1. The molecule has 1 aromatic carbocycles. The van der Waals surface area contributed by atoms with Gasteiger partial charge in [0, 0.05) is 11.7 Å². The van der Waals surface area contributed by atoms with Gasteiger partial charge in [-0.25, -0.2) is 0 Å². The summed E-state index contributed by atoms with van der Waals surface area (Å²) in [6.45, 7) is 2.17. The van der Waals surface area contributed by atoms with E-state index in [1.165, 1.54) is 18.6 Å². The van der Waals surface area contributed by atoms with Crippen LogP contribution in [0.25, 0.3) is 0 Å². The van der Waals surface area contributed by atoms with Gasteiger partial charge in [-0.05, 0) is 37.0 Å². The van der Waals surface area contributed by atoms with Crippen molar-refractivity contribution < 1.29 is 13.2 Å². The molecule has 1 saturated carbocycles. The molecular weight excluding hydrogens is 277 g/mol. The summed E-state index contributed by atoms with van der Waals surface area (Å²) in [6, 6.07) is 5.63. The molecule has 0 heterocycles. The number of anilines is 1. The first-order valence-electron chi connectivity index (χ1n) is 7.32. The first-order valence-corrected chi connectivity index (χ1v) is 7.32. The molecule has 0 radical (unpaired) electrons. The normalized spacial score (nSPS) is 22.6. The quantitative estimate of drug-likeness (QED) is 0.856. The summed E-state index contributed by atoms with van der Waals surface area (Å²) >= 11 is 0. The molecule has 0 amide bonds. The van der Waals surface area contributed by atoms with Gasteiger partial charge in [-0.1, -0.05) is 26.2 Å². The highest BCUT2D eigenvalue weighted by Gasteiger charge is 2.33. The third-order valence-corrected chi connectivity index (χ3v) is 4.18. The number of hydrogen-bond acceptors (Lipinski definition) is 2. The van der Waals surface area contributed by atoms with Gasteiger partial charge in [0.25, 0.3) is 0 Å². The zero-order valence-corrected chi connectivity index (χ0v) is 12.0. The van der Waals surface area contributed by atoms with E-state index in [0.29, 0.717) is 11.6 Å². The Morgan fingerprint density at radius 3 is 2.71 bits per heavy atom. The van der Waals surface area contributed by atoms with Crippen molar-refractivity contribution in [3.63, 3.8) is 0 Å². The monoisotopic (exact) mass is 296 g/mol. The number of halogens is 3. The predicted molar refractivity (Wildman–Crippen MR) is 75.8 cm³/mol. The molecular formula is C16H19F3N2. The van der Waals surface area contributed by atoms with Gasteiger partial charge >= 0.3 is 6.18 Å². The third-order valence-electron chi connectivity index (χ3n) is 4.18. The van der Waals surface area contributed by atoms with Gasteiger partial charge in [-0.15, -0.1) is 0 Å². The summed E-state index contributed by atoms with van der Waals surface area (Å²) in [5.74, 6) is 0.682. The zero-order valence-electron chi connectivity index (χ0n) is 12.0. The molecule has 1 N–H and O–H groups in total. The van der Waals surface area contributed by atoms with Gasteiger partial charge in [-0.2, -0.15) is 18.4 Å². The Hall–Kier alpha value is -1.70. The number of rotatable bonds is 3. The Morgan fingerprint density at radius 1 is 1.33 bits per heavy atom. The molecule has 0 aliphatic heterocycles. The Kier molecular flexibility index (Phi) is 4.76. The highest BCUT2D eigenvalue weighted by molar-refractivity contribution is 5.54. The lowest BCUT2D eigenvalue weighted by Crippen LogP contribution is -2.27. The average molecular weight is 296 g/mol. The second-order valence-electron chi connectivity index (χ2n) is 5.65. The fourth-order valence-corrected chi connectivity index (χ4v) is 3.00. The fourth-order valence-electron chi connectivity index (χ4n) is 3.00. The van der Waals surface area contributed by atoms with Crippen molar-refractivity contribution in [1.29, 1.82) is 5.26 Å². The van der Waals surface area contributed by atoms with Gasteiger partial charge < -0.3 is 5.32 Å². The van der Waals surface area contributed by atoms with E-state index in [4.69, 9.17) is 5.26 Å². The van der Waals surface area contributed by atoms with Crippen molar-refractivity contribution in [3.8, 4) is 6.07 Å². The molecule has 0 bridgehead atoms. The molecule has 0 aromatic heterocycles. The van der Waals surface area contributed by atoms with E-state index in [1.54, 1.807) is 6.07 Å². The van der Waals surface area contributed by atoms with Crippen LogP contribution in [-0.2, 0) is 6.18 Å². The topological polar surface area (TPSA) is 35.8 Å². The van der Waals surface area contributed by atoms with Crippen molar-refractivity contribution in [2.24, 2.45) is 5.92 Å². The number of benzene rings is 1. The van der Waals surface area contributed by atoms with Crippen LogP contribution < -0.4 is 5.32 Å². The third kappa shape index (κ3) is 3.90. The summed E-state index contributed by atoms with van der Waals surface area (Å²) in [6.07, 6.45) is 1.09. The minimum Gasteiger partial charge on any atom is -0.382 e. The van der Waals surface area contributed by atoms with E-state index in [2.05, 4.69) is 12.2 Å². The molecule has 0 spiro atoms. The van der Waals surface area contributed by atoms with Crippen molar-refractivity contribution in [1.82, 2.24) is 0 Å². The summed E-state index contributed by atoms with van der Waals surface area (Å²) in [5, 5.41) is 12.2. The molecule has 114 valence electrons. The minimum absolute atomic E-state index is 0.284. The Morgan fingerprint density at radius 2 is 2.10 bits per heavy atom. The maximum atomic E-state index is 12.8. The van der Waals surface area contributed by atoms with E-state index in [9.17, 15) is 13.2 Å². The number of nitriles is 1. The molecule has 1 fully saturated rings. The second kappa shape index (κ2) is 6.38.